The van der Waals surface area contributed by atoms with E-state index in [2.05, 4.69) is 11.0 Å². The number of likely N-dealkylation sites (N-methyl/N-ethyl adjacent to an activating group) is 1. The minimum Gasteiger partial charge on any atom is -0.481 e. The Balaban J connectivity index is 1.43. The van der Waals surface area contributed by atoms with E-state index in [-0.39, 0.29) is 6.04 Å². The van der Waals surface area contributed by atoms with E-state index in [0.29, 0.717) is 18.6 Å². The van der Waals surface area contributed by atoms with Crippen molar-refractivity contribution in [2.45, 2.75) is 82.3 Å². The summed E-state index contributed by atoms with van der Waals surface area (Å²) in [7, 11) is 2.03. The van der Waals surface area contributed by atoms with Gasteiger partial charge in [0.05, 0.1) is 11.0 Å². The molecule has 1 fully saturated rings. The number of carbonyl (C=O) groups excluding carboxylic acids is 3. The number of esters is 3. The number of carbonyl (C=O) groups is 3. The molecule has 1 aromatic rings. The molecule has 0 saturated carbocycles. The number of hydrogen-bond acceptors (Lipinski definition) is 9. The van der Waals surface area contributed by atoms with Crippen LogP contribution in [0, 0.1) is 6.92 Å². The third-order valence-electron chi connectivity index (χ3n) is 8.09. The Morgan fingerprint density at radius 1 is 1.17 bits per heavy atom. The number of likely N-dealkylation sites (tertiary alicyclic amines) is 1. The van der Waals surface area contributed by atoms with E-state index in [0.717, 1.165) is 35.4 Å². The lowest BCUT2D eigenvalue weighted by Crippen LogP contribution is -2.74. The molecule has 1 saturated heterocycles. The first-order chi connectivity index (χ1) is 16.5. The third kappa shape index (κ3) is 3.31. The molecular formula is C26H31NO8. The van der Waals surface area contributed by atoms with Crippen LogP contribution in [0.3, 0.4) is 0 Å². The predicted octanol–water partition coefficient (Wildman–Crippen LogP) is 1.70. The highest BCUT2D eigenvalue weighted by atomic mass is 16.6. The van der Waals surface area contributed by atoms with Crippen molar-refractivity contribution in [1.29, 1.82) is 0 Å². The summed E-state index contributed by atoms with van der Waals surface area (Å²) in [5.41, 5.74) is 1.37. The third-order valence-corrected chi connectivity index (χ3v) is 8.09. The average molecular weight is 486 g/mol. The van der Waals surface area contributed by atoms with Crippen LogP contribution < -0.4 is 4.74 Å². The van der Waals surface area contributed by atoms with Gasteiger partial charge in [-0.3, -0.25) is 4.79 Å². The van der Waals surface area contributed by atoms with E-state index in [1.165, 1.54) is 20.8 Å². The average Bonchev–Trinajstić information content (AvgIpc) is 3.15. The smallest absolute Gasteiger partial charge is 0.352 e. The molecule has 2 bridgehead atoms. The van der Waals surface area contributed by atoms with Gasteiger partial charge in [-0.05, 0) is 64.4 Å². The standard InChI is InChI=1S/C26H31NO8/c1-13-6-7-17-12-19-26(31)9-8-18(22-25(26,10-11-27(19)5)20(17)21(13)35-22)34-24(30)15(3)33-23(29)14(2)32-16(4)28/h6-8,14-15,19,22,31H,9-12H2,1-5H3/t14-,15-,19+,22-,25-,26+/m0/s1. The number of hydrogen-bond donors (Lipinski definition) is 1. The van der Waals surface area contributed by atoms with Gasteiger partial charge >= 0.3 is 17.9 Å². The van der Waals surface area contributed by atoms with Crippen LogP contribution in [0.5, 0.6) is 5.75 Å². The molecule has 0 amide bonds. The number of ether oxygens (including phenoxy) is 4. The van der Waals surface area contributed by atoms with Crippen molar-refractivity contribution in [2.75, 3.05) is 13.6 Å². The lowest BCUT2D eigenvalue weighted by Gasteiger charge is -2.61. The predicted molar refractivity (Wildman–Crippen MR) is 123 cm³/mol. The van der Waals surface area contributed by atoms with Gasteiger partial charge in [0, 0.05) is 24.9 Å². The van der Waals surface area contributed by atoms with Crippen molar-refractivity contribution < 1.29 is 38.4 Å². The summed E-state index contributed by atoms with van der Waals surface area (Å²) in [6.45, 7) is 6.71. The first-order valence-electron chi connectivity index (χ1n) is 12.0. The normalized spacial score (nSPS) is 31.9. The zero-order chi connectivity index (χ0) is 25.3. The first kappa shape index (κ1) is 23.8. The largest absolute Gasteiger partial charge is 0.481 e. The van der Waals surface area contributed by atoms with Gasteiger partial charge in [-0.25, -0.2) is 9.59 Å². The van der Waals surface area contributed by atoms with Gasteiger partial charge in [-0.1, -0.05) is 12.1 Å². The summed E-state index contributed by atoms with van der Waals surface area (Å²) < 4.78 is 22.2. The van der Waals surface area contributed by atoms with Gasteiger partial charge in [-0.15, -0.1) is 0 Å². The van der Waals surface area contributed by atoms with Crippen molar-refractivity contribution in [3.05, 3.63) is 40.7 Å². The van der Waals surface area contributed by atoms with E-state index < -0.39 is 47.2 Å². The molecule has 0 radical (unpaired) electrons. The Bertz CT molecular complexity index is 1140. The number of benzene rings is 1. The van der Waals surface area contributed by atoms with Crippen LogP contribution in [0.15, 0.2) is 24.0 Å². The van der Waals surface area contributed by atoms with Crippen LogP contribution in [0.1, 0.15) is 50.3 Å². The Kier molecular flexibility index (Phi) is 5.49. The summed E-state index contributed by atoms with van der Waals surface area (Å²) in [6.07, 6.45) is 0.396. The Morgan fingerprint density at radius 2 is 1.89 bits per heavy atom. The number of piperidine rings is 1. The van der Waals surface area contributed by atoms with Crippen LogP contribution >= 0.6 is 0 Å². The fraction of sp³-hybridized carbons (Fsp3) is 0.577. The second-order valence-corrected chi connectivity index (χ2v) is 10.2. The second kappa shape index (κ2) is 8.06. The number of aryl methyl sites for hydroxylation is 1. The minimum atomic E-state index is -1.22. The first-order valence-corrected chi connectivity index (χ1v) is 12.0. The Hall–Kier alpha value is -2.91. The Labute approximate surface area is 204 Å². The summed E-state index contributed by atoms with van der Waals surface area (Å²) in [5, 5.41) is 12.2. The van der Waals surface area contributed by atoms with E-state index in [1.54, 1.807) is 6.08 Å². The van der Waals surface area contributed by atoms with E-state index >= 15 is 0 Å². The van der Waals surface area contributed by atoms with Crippen LogP contribution in [-0.2, 0) is 40.4 Å². The molecule has 188 valence electrons. The van der Waals surface area contributed by atoms with Crippen molar-refractivity contribution >= 4 is 17.9 Å². The molecule has 0 unspecified atom stereocenters. The van der Waals surface area contributed by atoms with E-state index in [9.17, 15) is 19.5 Å². The fourth-order valence-corrected chi connectivity index (χ4v) is 6.40. The quantitative estimate of drug-likeness (QED) is 0.492. The molecule has 9 nitrogen and oxygen atoms in total. The molecular weight excluding hydrogens is 454 g/mol. The molecule has 1 spiro atoms. The van der Waals surface area contributed by atoms with Crippen molar-refractivity contribution in [2.24, 2.45) is 0 Å². The fourth-order valence-electron chi connectivity index (χ4n) is 6.40. The molecule has 5 rings (SSSR count). The maximum absolute atomic E-state index is 12.9. The van der Waals surface area contributed by atoms with Gasteiger partial charge in [0.25, 0.3) is 0 Å². The van der Waals surface area contributed by atoms with Gasteiger partial charge in [-0.2, -0.15) is 0 Å². The number of rotatable bonds is 5. The van der Waals surface area contributed by atoms with Crippen molar-refractivity contribution in [1.82, 2.24) is 4.90 Å². The number of nitrogens with zero attached hydrogens (tertiary/aromatic N) is 1. The second-order valence-electron chi connectivity index (χ2n) is 10.2. The SMILES string of the molecule is CC(=O)O[C@@H](C)C(=O)O[C@@H](C)C(=O)OC1=CC[C@@]2(O)[C@H]3Cc4ccc(C)c5c4[C@@]2(CCN3C)[C@H]1O5. The summed E-state index contributed by atoms with van der Waals surface area (Å²) >= 11 is 0. The van der Waals surface area contributed by atoms with Crippen molar-refractivity contribution in [3.8, 4) is 5.75 Å². The lowest BCUT2D eigenvalue weighted by atomic mass is 9.50. The van der Waals surface area contributed by atoms with E-state index in [4.69, 9.17) is 18.9 Å². The molecule has 4 aliphatic rings. The van der Waals surface area contributed by atoms with Crippen LogP contribution in [0.4, 0.5) is 0 Å². The highest BCUT2D eigenvalue weighted by Gasteiger charge is 2.71. The highest BCUT2D eigenvalue weighted by molar-refractivity contribution is 5.83. The minimum absolute atomic E-state index is 0.0837. The van der Waals surface area contributed by atoms with Crippen molar-refractivity contribution in [3.63, 3.8) is 0 Å². The molecule has 35 heavy (non-hydrogen) atoms. The van der Waals surface area contributed by atoms with Gasteiger partial charge in [0.15, 0.2) is 18.3 Å². The maximum Gasteiger partial charge on any atom is 0.352 e. The zero-order valence-corrected chi connectivity index (χ0v) is 20.6. The molecule has 2 aliphatic heterocycles. The van der Waals surface area contributed by atoms with Gasteiger partial charge in [0.2, 0.25) is 0 Å². The molecule has 9 heteroatoms. The molecule has 1 aromatic carbocycles. The van der Waals surface area contributed by atoms with E-state index in [1.807, 2.05) is 20.0 Å². The Morgan fingerprint density at radius 3 is 2.60 bits per heavy atom. The number of aliphatic hydroxyl groups is 1. The maximum atomic E-state index is 12.9. The summed E-state index contributed by atoms with van der Waals surface area (Å²) in [4.78, 5) is 38.4. The topological polar surface area (TPSA) is 112 Å². The van der Waals surface area contributed by atoms with Crippen LogP contribution in [0.25, 0.3) is 0 Å². The molecule has 2 aliphatic carbocycles. The van der Waals surface area contributed by atoms with Gasteiger partial charge in [0.1, 0.15) is 11.5 Å². The molecule has 1 N–H and O–H groups in total. The molecule has 0 aromatic heterocycles. The lowest BCUT2D eigenvalue weighted by molar-refractivity contribution is -0.179. The zero-order valence-electron chi connectivity index (χ0n) is 20.6. The molecule has 6 atom stereocenters. The highest BCUT2D eigenvalue weighted by Crippen LogP contribution is 2.64. The summed E-state index contributed by atoms with van der Waals surface area (Å²) in [5.74, 6) is -1.15. The van der Waals surface area contributed by atoms with Crippen LogP contribution in [-0.4, -0.2) is 71.5 Å². The summed E-state index contributed by atoms with van der Waals surface area (Å²) in [6, 6.07) is 4.06. The van der Waals surface area contributed by atoms with Crippen LogP contribution in [0.2, 0.25) is 0 Å². The monoisotopic (exact) mass is 485 g/mol. The van der Waals surface area contributed by atoms with Gasteiger partial charge < -0.3 is 29.0 Å². The molecule has 2 heterocycles.